The van der Waals surface area contributed by atoms with Gasteiger partial charge in [-0.1, -0.05) is 76.6 Å². The van der Waals surface area contributed by atoms with Crippen LogP contribution in [-0.2, 0) is 0 Å². The van der Waals surface area contributed by atoms with Gasteiger partial charge < -0.3 is 8.98 Å². The molecule has 0 saturated heterocycles. The molecule has 4 aromatic carbocycles. The lowest BCUT2D eigenvalue weighted by Gasteiger charge is -2.15. The number of hydrogen-bond acceptors (Lipinski definition) is 5. The Morgan fingerprint density at radius 3 is 2.24 bits per heavy atom. The Hall–Kier alpha value is -5.28. The Morgan fingerprint density at radius 2 is 1.56 bits per heavy atom. The summed E-state index contributed by atoms with van der Waals surface area (Å²) in [7, 11) is 0. The molecule has 0 atom stereocenters. The number of hydrazone groups is 1. The number of carbonyl (C=O) groups excluding carboxylic acids is 1. The minimum atomic E-state index is -0.572. The maximum Gasteiger partial charge on any atom is 0.307 e. The Morgan fingerprint density at radius 1 is 0.878 bits per heavy atom. The van der Waals surface area contributed by atoms with Crippen molar-refractivity contribution < 1.29 is 14.1 Å². The first-order chi connectivity index (χ1) is 20.0. The Labute approximate surface area is 242 Å². The molecule has 0 aliphatic carbocycles. The van der Waals surface area contributed by atoms with E-state index in [0.29, 0.717) is 11.0 Å². The van der Waals surface area contributed by atoms with E-state index in [1.807, 2.05) is 91.0 Å². The van der Waals surface area contributed by atoms with Crippen LogP contribution < -0.4 is 5.43 Å². The molecule has 41 heavy (non-hydrogen) atoms. The molecule has 0 spiro atoms. The van der Waals surface area contributed by atoms with E-state index in [2.05, 4.69) is 31.0 Å². The predicted molar refractivity (Wildman–Crippen MR) is 162 cm³/mol. The number of carbonyl (C=O) groups is 1. The molecule has 6 rings (SSSR count). The third-order valence-corrected chi connectivity index (χ3v) is 7.06. The number of benzene rings is 4. The highest BCUT2D eigenvalue weighted by molar-refractivity contribution is 9.10. The molecule has 0 aliphatic rings. The molecule has 0 unspecified atom stereocenters. The summed E-state index contributed by atoms with van der Waals surface area (Å²) in [6.45, 7) is 0. The van der Waals surface area contributed by atoms with Crippen LogP contribution in [0.4, 0.5) is 5.69 Å². The van der Waals surface area contributed by atoms with E-state index in [9.17, 15) is 14.9 Å². The molecule has 0 saturated carbocycles. The normalized spacial score (nSPS) is 11.2. The number of hydrogen-bond donors (Lipinski definition) is 1. The lowest BCUT2D eigenvalue weighted by Crippen LogP contribution is -2.16. The van der Waals surface area contributed by atoms with Crippen molar-refractivity contribution in [1.29, 1.82) is 0 Å². The van der Waals surface area contributed by atoms with Crippen LogP contribution in [0.5, 0.6) is 0 Å². The topological polar surface area (TPSA) is 103 Å². The van der Waals surface area contributed by atoms with Crippen LogP contribution in [0.3, 0.4) is 0 Å². The summed E-state index contributed by atoms with van der Waals surface area (Å²) in [6, 6.07) is 35.8. The van der Waals surface area contributed by atoms with Gasteiger partial charge in [0.1, 0.15) is 5.58 Å². The fourth-order valence-electron chi connectivity index (χ4n) is 4.67. The quantitative estimate of drug-likeness (QED) is 0.113. The molecule has 6 aromatic rings. The van der Waals surface area contributed by atoms with Gasteiger partial charge in [-0.05, 0) is 53.6 Å². The molecular weight excluding hydrogens is 584 g/mol. The first-order valence-corrected chi connectivity index (χ1v) is 13.4. The molecule has 0 radical (unpaired) electrons. The first kappa shape index (κ1) is 26.0. The van der Waals surface area contributed by atoms with Crippen LogP contribution in [0.2, 0.25) is 0 Å². The van der Waals surface area contributed by atoms with Gasteiger partial charge in [0.2, 0.25) is 0 Å². The number of aromatic nitrogens is 1. The molecule has 0 aliphatic heterocycles. The number of rotatable bonds is 7. The third kappa shape index (κ3) is 5.30. The van der Waals surface area contributed by atoms with Crippen molar-refractivity contribution in [3.63, 3.8) is 0 Å². The number of furan rings is 1. The van der Waals surface area contributed by atoms with Gasteiger partial charge in [0.25, 0.3) is 5.69 Å². The van der Waals surface area contributed by atoms with E-state index >= 15 is 0 Å². The van der Waals surface area contributed by atoms with E-state index in [0.717, 1.165) is 38.2 Å². The summed E-state index contributed by atoms with van der Waals surface area (Å²) in [6.07, 6.45) is 1.61. The molecule has 2 heterocycles. The van der Waals surface area contributed by atoms with Crippen LogP contribution in [0.1, 0.15) is 16.1 Å². The number of nitro benzene ring substituents is 1. The van der Waals surface area contributed by atoms with Crippen LogP contribution in [0, 0.1) is 10.1 Å². The summed E-state index contributed by atoms with van der Waals surface area (Å²) in [5.74, 6) is -0.574. The minimum absolute atomic E-state index is 0.00154. The Bertz CT molecular complexity index is 1910. The SMILES string of the molecule is O=C(N/N=C\c1cc(-c2ccccc2)n(-c2ccc(Br)cc2)c1-c1ccccc1)c1cc2cc([N+](=O)[O-])ccc2o1. The average molecular weight is 605 g/mol. The fraction of sp³-hybridized carbons (Fsp3) is 0. The molecular formula is C32H21BrN4O4. The summed E-state index contributed by atoms with van der Waals surface area (Å²) in [5.41, 5.74) is 8.43. The zero-order valence-corrected chi connectivity index (χ0v) is 23.0. The maximum absolute atomic E-state index is 12.9. The molecule has 0 fully saturated rings. The highest BCUT2D eigenvalue weighted by Gasteiger charge is 2.19. The summed E-state index contributed by atoms with van der Waals surface area (Å²) < 4.78 is 8.74. The highest BCUT2D eigenvalue weighted by atomic mass is 79.9. The summed E-state index contributed by atoms with van der Waals surface area (Å²) >= 11 is 3.53. The van der Waals surface area contributed by atoms with Gasteiger partial charge in [-0.3, -0.25) is 14.9 Å². The minimum Gasteiger partial charge on any atom is -0.451 e. The van der Waals surface area contributed by atoms with Crippen molar-refractivity contribution in [2.24, 2.45) is 5.10 Å². The second-order valence-electron chi connectivity index (χ2n) is 9.17. The fourth-order valence-corrected chi connectivity index (χ4v) is 4.94. The number of nitro groups is 1. The maximum atomic E-state index is 12.9. The number of fused-ring (bicyclic) bond motifs is 1. The number of halogens is 1. The lowest BCUT2D eigenvalue weighted by atomic mass is 10.1. The number of amides is 1. The van der Waals surface area contributed by atoms with Gasteiger partial charge in [-0.2, -0.15) is 5.10 Å². The first-order valence-electron chi connectivity index (χ1n) is 12.6. The van der Waals surface area contributed by atoms with E-state index in [4.69, 9.17) is 4.42 Å². The summed E-state index contributed by atoms with van der Waals surface area (Å²) in [5, 5.41) is 15.8. The third-order valence-electron chi connectivity index (χ3n) is 6.54. The molecule has 1 N–H and O–H groups in total. The van der Waals surface area contributed by atoms with Gasteiger partial charge in [0, 0.05) is 33.2 Å². The number of non-ortho nitro benzene ring substituents is 1. The van der Waals surface area contributed by atoms with Crippen LogP contribution in [0.15, 0.2) is 129 Å². The largest absolute Gasteiger partial charge is 0.451 e. The average Bonchev–Trinajstić information content (AvgIpc) is 3.60. The van der Waals surface area contributed by atoms with Gasteiger partial charge in [-0.15, -0.1) is 0 Å². The van der Waals surface area contributed by atoms with Crippen LogP contribution >= 0.6 is 15.9 Å². The van der Waals surface area contributed by atoms with Gasteiger partial charge in [0.05, 0.1) is 22.5 Å². The van der Waals surface area contributed by atoms with E-state index in [1.165, 1.54) is 24.3 Å². The molecule has 1 amide bonds. The van der Waals surface area contributed by atoms with Crippen molar-refractivity contribution in [1.82, 2.24) is 9.99 Å². The Kier molecular flexibility index (Phi) is 7.01. The van der Waals surface area contributed by atoms with Crippen molar-refractivity contribution in [2.75, 3.05) is 0 Å². The second-order valence-corrected chi connectivity index (χ2v) is 10.1. The van der Waals surface area contributed by atoms with E-state index in [1.54, 1.807) is 6.21 Å². The second kappa shape index (κ2) is 11.1. The van der Waals surface area contributed by atoms with Crippen molar-refractivity contribution in [3.05, 3.63) is 141 Å². The van der Waals surface area contributed by atoms with Crippen molar-refractivity contribution in [3.8, 4) is 28.2 Å². The molecule has 9 heteroatoms. The smallest absolute Gasteiger partial charge is 0.307 e. The molecule has 200 valence electrons. The predicted octanol–water partition coefficient (Wildman–Crippen LogP) is 7.99. The van der Waals surface area contributed by atoms with Gasteiger partial charge in [-0.25, -0.2) is 5.43 Å². The monoisotopic (exact) mass is 604 g/mol. The highest BCUT2D eigenvalue weighted by Crippen LogP contribution is 2.35. The van der Waals surface area contributed by atoms with E-state index in [-0.39, 0.29) is 11.4 Å². The lowest BCUT2D eigenvalue weighted by molar-refractivity contribution is -0.384. The van der Waals surface area contributed by atoms with Crippen LogP contribution in [-0.4, -0.2) is 21.6 Å². The standard InChI is InChI=1S/C32H21BrN4O4/c33-25-11-13-26(14-12-25)36-28(21-7-3-1-4-8-21)18-24(31(36)22-9-5-2-6-10-22)20-34-35-32(38)30-19-23-17-27(37(39)40)15-16-29(23)41-30/h1-20H,(H,35,38)/b34-20-. The summed E-state index contributed by atoms with van der Waals surface area (Å²) in [4.78, 5) is 23.5. The zero-order chi connectivity index (χ0) is 28.3. The molecule has 8 nitrogen and oxygen atoms in total. The number of nitrogens with one attached hydrogen (secondary N) is 1. The van der Waals surface area contributed by atoms with Crippen molar-refractivity contribution in [2.45, 2.75) is 0 Å². The van der Waals surface area contributed by atoms with Gasteiger partial charge >= 0.3 is 5.91 Å². The van der Waals surface area contributed by atoms with Gasteiger partial charge in [0.15, 0.2) is 5.76 Å². The molecule has 2 aromatic heterocycles. The van der Waals surface area contributed by atoms with Crippen LogP contribution in [0.25, 0.3) is 39.2 Å². The Balaban J connectivity index is 1.40. The van der Waals surface area contributed by atoms with Crippen molar-refractivity contribution >= 4 is 44.7 Å². The number of nitrogens with zero attached hydrogens (tertiary/aromatic N) is 3. The van der Waals surface area contributed by atoms with E-state index < -0.39 is 10.8 Å². The molecule has 0 bridgehead atoms. The zero-order valence-electron chi connectivity index (χ0n) is 21.4.